The predicted octanol–water partition coefficient (Wildman–Crippen LogP) is 0.691. The maximum atomic E-state index is 10.5. The van der Waals surface area contributed by atoms with Crippen molar-refractivity contribution in [1.82, 2.24) is 4.98 Å². The van der Waals surface area contributed by atoms with Crippen molar-refractivity contribution < 1.29 is 9.90 Å². The number of hydrogen-bond acceptors (Lipinski definition) is 5. The van der Waals surface area contributed by atoms with Gasteiger partial charge in [-0.2, -0.15) is 0 Å². The van der Waals surface area contributed by atoms with E-state index < -0.39 is 11.7 Å². The summed E-state index contributed by atoms with van der Waals surface area (Å²) in [4.78, 5) is 13.9. The van der Waals surface area contributed by atoms with Crippen molar-refractivity contribution in [2.24, 2.45) is 5.84 Å². The first-order valence-corrected chi connectivity index (χ1v) is 4.34. The molecule has 0 spiro atoms. The minimum atomic E-state index is -1.56. The van der Waals surface area contributed by atoms with Crippen molar-refractivity contribution in [3.8, 4) is 0 Å². The van der Waals surface area contributed by atoms with Crippen LogP contribution in [0.5, 0.6) is 0 Å². The second-order valence-electron chi connectivity index (χ2n) is 2.19. The maximum Gasteiger partial charge on any atom is 0.150 e. The zero-order chi connectivity index (χ0) is 10.9. The molecule has 5 nitrogen and oxygen atoms in total. The SMILES string of the molecule is NNc1c(Cl)c(Cl)nc(C(=O)[O-])c1Cl. The molecule has 0 aromatic carbocycles. The summed E-state index contributed by atoms with van der Waals surface area (Å²) in [6.45, 7) is 0. The van der Waals surface area contributed by atoms with Crippen LogP contribution in [0.1, 0.15) is 10.5 Å². The van der Waals surface area contributed by atoms with Crippen LogP contribution < -0.4 is 16.4 Å². The Hall–Kier alpha value is -0.750. The highest BCUT2D eigenvalue weighted by Gasteiger charge is 2.16. The van der Waals surface area contributed by atoms with E-state index in [-0.39, 0.29) is 20.9 Å². The second kappa shape index (κ2) is 4.18. The van der Waals surface area contributed by atoms with E-state index in [1.165, 1.54) is 0 Å². The lowest BCUT2D eigenvalue weighted by Crippen LogP contribution is -2.25. The second-order valence-corrected chi connectivity index (χ2v) is 3.30. The fourth-order valence-corrected chi connectivity index (χ4v) is 1.46. The summed E-state index contributed by atoms with van der Waals surface area (Å²) in [6.07, 6.45) is 0. The van der Waals surface area contributed by atoms with Crippen LogP contribution in [0.25, 0.3) is 0 Å². The highest BCUT2D eigenvalue weighted by atomic mass is 35.5. The largest absolute Gasteiger partial charge is 0.543 e. The highest BCUT2D eigenvalue weighted by Crippen LogP contribution is 2.35. The normalized spacial score (nSPS) is 10.0. The number of carboxylic acid groups (broad SMARTS) is 1. The van der Waals surface area contributed by atoms with Crippen molar-refractivity contribution >= 4 is 46.5 Å². The zero-order valence-electron chi connectivity index (χ0n) is 6.47. The molecule has 0 saturated carbocycles. The number of aromatic carboxylic acids is 1. The van der Waals surface area contributed by atoms with Crippen LogP contribution in [0.15, 0.2) is 0 Å². The van der Waals surface area contributed by atoms with Gasteiger partial charge >= 0.3 is 0 Å². The third-order valence-electron chi connectivity index (χ3n) is 1.38. The molecule has 0 aliphatic carbocycles. The van der Waals surface area contributed by atoms with Crippen LogP contribution >= 0.6 is 34.8 Å². The third kappa shape index (κ3) is 1.85. The molecule has 0 bridgehead atoms. The molecular weight excluding hydrogens is 252 g/mol. The molecule has 14 heavy (non-hydrogen) atoms. The lowest BCUT2D eigenvalue weighted by Gasteiger charge is -2.11. The molecular formula is C6H3Cl3N3O2-. The molecule has 1 heterocycles. The number of nitrogens with two attached hydrogens (primary N) is 1. The number of hydrogen-bond donors (Lipinski definition) is 2. The van der Waals surface area contributed by atoms with Crippen LogP contribution in [0.2, 0.25) is 15.2 Å². The summed E-state index contributed by atoms with van der Waals surface area (Å²) in [5.41, 5.74) is 1.59. The fraction of sp³-hybridized carbons (Fsp3) is 0. The molecule has 0 radical (unpaired) electrons. The van der Waals surface area contributed by atoms with Gasteiger partial charge in [-0.3, -0.25) is 5.84 Å². The first-order chi connectivity index (χ1) is 6.49. The van der Waals surface area contributed by atoms with Gasteiger partial charge in [-0.05, 0) is 0 Å². The fourth-order valence-electron chi connectivity index (χ4n) is 0.776. The minimum Gasteiger partial charge on any atom is -0.543 e. The number of aromatic nitrogens is 1. The van der Waals surface area contributed by atoms with E-state index in [0.29, 0.717) is 0 Å². The lowest BCUT2D eigenvalue weighted by molar-refractivity contribution is -0.255. The number of carbonyl (C=O) groups excluding carboxylic acids is 1. The van der Waals surface area contributed by atoms with Crippen molar-refractivity contribution in [2.75, 3.05) is 5.43 Å². The Morgan fingerprint density at radius 3 is 2.36 bits per heavy atom. The molecule has 1 rings (SSSR count). The molecule has 0 amide bonds. The standard InChI is InChI=1S/C6H4Cl3N3O2/c7-1-3(12-10)2(8)5(9)11-4(1)6(13)14/h10H2,(H,11,12)(H,13,14)/p-1. The number of nitrogen functional groups attached to an aromatic ring is 1. The van der Waals surface area contributed by atoms with Crippen molar-refractivity contribution in [2.45, 2.75) is 0 Å². The van der Waals surface area contributed by atoms with Crippen LogP contribution in [0, 0.1) is 0 Å². The molecule has 0 saturated heterocycles. The summed E-state index contributed by atoms with van der Waals surface area (Å²) in [5, 5.41) is 10.0. The molecule has 0 aliphatic rings. The van der Waals surface area contributed by atoms with Crippen molar-refractivity contribution in [1.29, 1.82) is 0 Å². The molecule has 1 aromatic rings. The van der Waals surface area contributed by atoms with E-state index >= 15 is 0 Å². The van der Waals surface area contributed by atoms with Gasteiger partial charge < -0.3 is 15.3 Å². The monoisotopic (exact) mass is 254 g/mol. The van der Waals surface area contributed by atoms with Gasteiger partial charge in [0.25, 0.3) is 0 Å². The number of rotatable bonds is 2. The number of anilines is 1. The Labute approximate surface area is 93.7 Å². The highest BCUT2D eigenvalue weighted by molar-refractivity contribution is 6.46. The third-order valence-corrected chi connectivity index (χ3v) is 2.48. The zero-order valence-corrected chi connectivity index (χ0v) is 8.74. The molecule has 0 atom stereocenters. The van der Waals surface area contributed by atoms with Gasteiger partial charge in [0, 0.05) is 0 Å². The van der Waals surface area contributed by atoms with Gasteiger partial charge in [0.2, 0.25) is 0 Å². The Balaban J connectivity index is 3.50. The predicted molar refractivity (Wildman–Crippen MR) is 51.4 cm³/mol. The number of nitrogens with zero attached hydrogens (tertiary/aromatic N) is 1. The first-order valence-electron chi connectivity index (χ1n) is 3.21. The van der Waals surface area contributed by atoms with Gasteiger partial charge in [-0.1, -0.05) is 34.8 Å². The van der Waals surface area contributed by atoms with Gasteiger partial charge in [0.05, 0.1) is 16.7 Å². The Kier molecular flexibility index (Phi) is 3.38. The van der Waals surface area contributed by atoms with E-state index in [1.54, 1.807) is 0 Å². The van der Waals surface area contributed by atoms with Crippen molar-refractivity contribution in [3.05, 3.63) is 20.9 Å². The van der Waals surface area contributed by atoms with Gasteiger partial charge in [0.15, 0.2) is 5.15 Å². The van der Waals surface area contributed by atoms with E-state index in [1.807, 2.05) is 0 Å². The first kappa shape index (κ1) is 11.3. The average molecular weight is 255 g/mol. The van der Waals surface area contributed by atoms with Crippen LogP contribution in [-0.2, 0) is 0 Å². The van der Waals surface area contributed by atoms with Gasteiger partial charge in [-0.25, -0.2) is 4.98 Å². The number of pyridine rings is 1. The van der Waals surface area contributed by atoms with Crippen LogP contribution in [0.4, 0.5) is 5.69 Å². The van der Waals surface area contributed by atoms with Crippen LogP contribution in [0.3, 0.4) is 0 Å². The topological polar surface area (TPSA) is 91.1 Å². The lowest BCUT2D eigenvalue weighted by atomic mass is 10.3. The molecule has 0 unspecified atom stereocenters. The van der Waals surface area contributed by atoms with Gasteiger partial charge in [-0.15, -0.1) is 0 Å². The number of hydrazine groups is 1. The number of carboxylic acids is 1. The summed E-state index contributed by atoms with van der Waals surface area (Å²) in [7, 11) is 0. The van der Waals surface area contributed by atoms with E-state index in [2.05, 4.69) is 10.4 Å². The number of nitrogens with one attached hydrogen (secondary N) is 1. The molecule has 3 N–H and O–H groups in total. The van der Waals surface area contributed by atoms with E-state index in [9.17, 15) is 9.90 Å². The number of halogens is 3. The molecule has 76 valence electrons. The maximum absolute atomic E-state index is 10.5. The van der Waals surface area contributed by atoms with E-state index in [0.717, 1.165) is 0 Å². The summed E-state index contributed by atoms with van der Waals surface area (Å²) < 4.78 is 0. The Morgan fingerprint density at radius 2 is 1.93 bits per heavy atom. The van der Waals surface area contributed by atoms with E-state index in [4.69, 9.17) is 40.6 Å². The quantitative estimate of drug-likeness (QED) is 0.461. The summed E-state index contributed by atoms with van der Waals surface area (Å²) >= 11 is 16.8. The average Bonchev–Trinajstić information content (AvgIpc) is 2.12. The molecule has 0 fully saturated rings. The van der Waals surface area contributed by atoms with Crippen LogP contribution in [-0.4, -0.2) is 11.0 Å². The summed E-state index contributed by atoms with van der Waals surface area (Å²) in [5.74, 6) is 3.51. The summed E-state index contributed by atoms with van der Waals surface area (Å²) in [6, 6.07) is 0. The molecule has 0 aliphatic heterocycles. The number of carbonyl (C=O) groups is 1. The Morgan fingerprint density at radius 1 is 1.36 bits per heavy atom. The molecule has 1 aromatic heterocycles. The molecule has 8 heteroatoms. The van der Waals surface area contributed by atoms with Gasteiger partial charge in [0.1, 0.15) is 10.7 Å². The van der Waals surface area contributed by atoms with Crippen molar-refractivity contribution in [3.63, 3.8) is 0 Å². The smallest absolute Gasteiger partial charge is 0.150 e. The Bertz CT molecular complexity index is 396. The minimum absolute atomic E-state index is 0.00691.